The molecule has 70 valence electrons. The summed E-state index contributed by atoms with van der Waals surface area (Å²) in [6, 6.07) is 3.41. The molecule has 0 aromatic carbocycles. The highest BCUT2D eigenvalue weighted by atomic mass is 16.6. The number of furan rings is 1. The summed E-state index contributed by atoms with van der Waals surface area (Å²) < 4.78 is 10.3. The van der Waals surface area contributed by atoms with Crippen LogP contribution in [0.1, 0.15) is 25.6 Å². The summed E-state index contributed by atoms with van der Waals surface area (Å²) in [6.07, 6.45) is 1.18. The van der Waals surface area contributed by atoms with Crippen molar-refractivity contribution >= 4 is 6.09 Å². The number of hydrogen-bond donors (Lipinski definition) is 1. The largest absolute Gasteiger partial charge is 0.467 e. The van der Waals surface area contributed by atoms with Gasteiger partial charge in [0.15, 0.2) is 0 Å². The second-order valence-corrected chi connectivity index (χ2v) is 3.59. The topological polar surface area (TPSA) is 51.5 Å². The Balaban J connectivity index is 2.30. The van der Waals surface area contributed by atoms with E-state index in [1.165, 1.54) is 0 Å². The van der Waals surface area contributed by atoms with Crippen molar-refractivity contribution < 1.29 is 13.9 Å². The minimum atomic E-state index is -0.547. The number of nitrogens with one attached hydrogen (secondary N) is 1. The van der Waals surface area contributed by atoms with Gasteiger partial charge >= 0.3 is 6.09 Å². The van der Waals surface area contributed by atoms with Crippen LogP contribution in [0.3, 0.4) is 0 Å². The molecule has 4 nitrogen and oxygen atoms in total. The summed E-state index contributed by atoms with van der Waals surface area (Å²) in [5, 5.41) is 2.69. The summed E-state index contributed by atoms with van der Waals surface area (Å²) in [4.78, 5) is 11.0. The van der Waals surface area contributed by atoms with E-state index >= 15 is 0 Å². The van der Waals surface area contributed by atoms with Gasteiger partial charge in [-0.1, -0.05) is 0 Å². The van der Waals surface area contributed by atoms with E-state index in [1.807, 2.05) is 19.9 Å². The van der Waals surface area contributed by atoms with E-state index in [4.69, 9.17) is 9.15 Å². The standard InChI is InChI=1S/C9H11NO3/c1-9(2)7(10-8(11)13-9)6-4-3-5-12-6/h3-5,7H,1-2H3,(H,10,11)/t7-/m1/s1. The van der Waals surface area contributed by atoms with Crippen molar-refractivity contribution in [1.29, 1.82) is 0 Å². The zero-order valence-electron chi connectivity index (χ0n) is 7.53. The molecule has 1 fully saturated rings. The molecule has 0 unspecified atom stereocenters. The zero-order chi connectivity index (χ0) is 9.47. The van der Waals surface area contributed by atoms with Crippen molar-refractivity contribution in [2.24, 2.45) is 0 Å². The van der Waals surface area contributed by atoms with Crippen LogP contribution >= 0.6 is 0 Å². The Morgan fingerprint density at radius 1 is 1.54 bits per heavy atom. The maximum Gasteiger partial charge on any atom is 0.408 e. The van der Waals surface area contributed by atoms with Crippen LogP contribution < -0.4 is 5.32 Å². The van der Waals surface area contributed by atoms with Gasteiger partial charge in [-0.15, -0.1) is 0 Å². The molecule has 0 aliphatic carbocycles. The van der Waals surface area contributed by atoms with Crippen LogP contribution in [-0.4, -0.2) is 11.7 Å². The molecule has 2 heterocycles. The Hall–Kier alpha value is -1.45. The Labute approximate surface area is 75.9 Å². The number of hydrogen-bond acceptors (Lipinski definition) is 3. The molecule has 1 saturated heterocycles. The smallest absolute Gasteiger partial charge is 0.408 e. The van der Waals surface area contributed by atoms with Crippen LogP contribution in [0.5, 0.6) is 0 Å². The Kier molecular flexibility index (Phi) is 1.58. The molecular weight excluding hydrogens is 170 g/mol. The van der Waals surface area contributed by atoms with E-state index in [1.54, 1.807) is 12.3 Å². The Bertz CT molecular complexity index is 316. The molecule has 1 atom stereocenters. The first-order valence-corrected chi connectivity index (χ1v) is 4.12. The fraction of sp³-hybridized carbons (Fsp3) is 0.444. The van der Waals surface area contributed by atoms with Gasteiger partial charge in [-0.3, -0.25) is 0 Å². The molecule has 1 aliphatic heterocycles. The van der Waals surface area contributed by atoms with Crippen molar-refractivity contribution in [2.45, 2.75) is 25.5 Å². The second kappa shape index (κ2) is 2.52. The molecule has 2 rings (SSSR count). The number of alkyl carbamates (subject to hydrolysis) is 1. The Morgan fingerprint density at radius 2 is 2.31 bits per heavy atom. The maximum atomic E-state index is 11.0. The predicted molar refractivity (Wildman–Crippen MR) is 45.1 cm³/mol. The van der Waals surface area contributed by atoms with Crippen molar-refractivity contribution in [3.63, 3.8) is 0 Å². The van der Waals surface area contributed by atoms with Crippen molar-refractivity contribution in [1.82, 2.24) is 5.32 Å². The lowest BCUT2D eigenvalue weighted by Gasteiger charge is -2.21. The summed E-state index contributed by atoms with van der Waals surface area (Å²) in [6.45, 7) is 3.69. The van der Waals surface area contributed by atoms with Crippen LogP contribution in [0.25, 0.3) is 0 Å². The van der Waals surface area contributed by atoms with E-state index in [-0.39, 0.29) is 6.04 Å². The summed E-state index contributed by atoms with van der Waals surface area (Å²) in [5.74, 6) is 0.718. The molecule has 1 N–H and O–H groups in total. The second-order valence-electron chi connectivity index (χ2n) is 3.59. The molecule has 1 aliphatic rings. The first-order chi connectivity index (χ1) is 6.09. The van der Waals surface area contributed by atoms with Gasteiger partial charge in [0.2, 0.25) is 0 Å². The number of amides is 1. The van der Waals surface area contributed by atoms with Crippen LogP contribution in [0, 0.1) is 0 Å². The van der Waals surface area contributed by atoms with E-state index in [0.29, 0.717) is 0 Å². The lowest BCUT2D eigenvalue weighted by atomic mass is 9.98. The Morgan fingerprint density at radius 3 is 2.77 bits per heavy atom. The molecule has 1 aromatic heterocycles. The van der Waals surface area contributed by atoms with Crippen LogP contribution in [0.15, 0.2) is 22.8 Å². The third kappa shape index (κ3) is 1.28. The van der Waals surface area contributed by atoms with Gasteiger partial charge in [0.1, 0.15) is 17.4 Å². The molecule has 0 radical (unpaired) electrons. The number of rotatable bonds is 1. The summed E-state index contributed by atoms with van der Waals surface area (Å²) in [5.41, 5.74) is -0.547. The molecule has 0 bridgehead atoms. The highest BCUT2D eigenvalue weighted by molar-refractivity contribution is 5.71. The van der Waals surface area contributed by atoms with Gasteiger partial charge in [-0.25, -0.2) is 4.79 Å². The minimum absolute atomic E-state index is 0.199. The van der Waals surface area contributed by atoms with Crippen molar-refractivity contribution in [3.8, 4) is 0 Å². The maximum absolute atomic E-state index is 11.0. The summed E-state index contributed by atoms with van der Waals surface area (Å²) >= 11 is 0. The van der Waals surface area contributed by atoms with Crippen LogP contribution in [-0.2, 0) is 4.74 Å². The molecule has 1 aromatic rings. The van der Waals surface area contributed by atoms with Gasteiger partial charge in [0.05, 0.1) is 6.26 Å². The summed E-state index contributed by atoms with van der Waals surface area (Å²) in [7, 11) is 0. The van der Waals surface area contributed by atoms with E-state index in [9.17, 15) is 4.79 Å². The lowest BCUT2D eigenvalue weighted by molar-refractivity contribution is 0.0640. The van der Waals surface area contributed by atoms with Crippen molar-refractivity contribution in [3.05, 3.63) is 24.2 Å². The van der Waals surface area contributed by atoms with E-state index in [2.05, 4.69) is 5.32 Å². The average molecular weight is 181 g/mol. The highest BCUT2D eigenvalue weighted by Gasteiger charge is 2.43. The lowest BCUT2D eigenvalue weighted by Crippen LogP contribution is -2.29. The fourth-order valence-electron chi connectivity index (χ4n) is 1.49. The van der Waals surface area contributed by atoms with Gasteiger partial charge in [0.25, 0.3) is 0 Å². The number of ether oxygens (including phenoxy) is 1. The first kappa shape index (κ1) is 8.16. The molecule has 13 heavy (non-hydrogen) atoms. The SMILES string of the molecule is CC1(C)OC(=O)N[C@@H]1c1ccco1. The number of carbonyl (C=O) groups excluding carboxylic acids is 1. The normalized spacial score (nSPS) is 25.4. The monoisotopic (exact) mass is 181 g/mol. The van der Waals surface area contributed by atoms with Crippen LogP contribution in [0.2, 0.25) is 0 Å². The third-order valence-electron chi connectivity index (χ3n) is 2.14. The fourth-order valence-corrected chi connectivity index (χ4v) is 1.49. The van der Waals surface area contributed by atoms with Gasteiger partial charge in [0, 0.05) is 0 Å². The number of cyclic esters (lactones) is 1. The van der Waals surface area contributed by atoms with E-state index < -0.39 is 11.7 Å². The van der Waals surface area contributed by atoms with Gasteiger partial charge < -0.3 is 14.5 Å². The van der Waals surface area contributed by atoms with Crippen molar-refractivity contribution in [2.75, 3.05) is 0 Å². The molecule has 0 spiro atoms. The van der Waals surface area contributed by atoms with Gasteiger partial charge in [-0.05, 0) is 26.0 Å². The average Bonchev–Trinajstić information content (AvgIpc) is 2.56. The molecule has 0 saturated carbocycles. The first-order valence-electron chi connectivity index (χ1n) is 4.12. The molecule has 4 heteroatoms. The predicted octanol–water partition coefficient (Wildman–Crippen LogP) is 1.84. The third-order valence-corrected chi connectivity index (χ3v) is 2.14. The zero-order valence-corrected chi connectivity index (χ0v) is 7.53. The number of carbonyl (C=O) groups is 1. The minimum Gasteiger partial charge on any atom is -0.467 e. The van der Waals surface area contributed by atoms with Gasteiger partial charge in [-0.2, -0.15) is 0 Å². The molecule has 1 amide bonds. The highest BCUT2D eigenvalue weighted by Crippen LogP contribution is 2.33. The van der Waals surface area contributed by atoms with E-state index in [0.717, 1.165) is 5.76 Å². The molecular formula is C9H11NO3. The van der Waals surface area contributed by atoms with Crippen LogP contribution in [0.4, 0.5) is 4.79 Å². The quantitative estimate of drug-likeness (QED) is 0.719.